The van der Waals surface area contributed by atoms with Gasteiger partial charge in [-0.3, -0.25) is 4.79 Å². The number of likely N-dealkylation sites (N-methyl/N-ethyl adjacent to an activating group) is 1. The number of amides is 1. The highest BCUT2D eigenvalue weighted by Crippen LogP contribution is 2.23. The van der Waals surface area contributed by atoms with Crippen LogP contribution in [-0.2, 0) is 0 Å². The third kappa shape index (κ3) is 3.29. The Balaban J connectivity index is 1.52. The zero-order valence-electron chi connectivity index (χ0n) is 16.0. The molecule has 1 saturated heterocycles. The Morgan fingerprint density at radius 3 is 2.75 bits per heavy atom. The standard InChI is InChI=1S/C19H22FN7O/c1-11-8-27-10-15(17(20)12(2)18(27)24-11)25-19(28)14-6-23-16(7-22-14)26-5-4-13(9-26)21-3/h6-8,10,13,21H,4-5,9H2,1-3H3,(H,25,28). The van der Waals surface area contributed by atoms with E-state index in [1.807, 2.05) is 14.0 Å². The SMILES string of the molecule is CNC1CCN(c2cnc(C(=O)Nc3cn4cc(C)nc4c(C)c3F)cn2)C1. The molecule has 28 heavy (non-hydrogen) atoms. The summed E-state index contributed by atoms with van der Waals surface area (Å²) in [6.07, 6.45) is 7.33. The number of halogens is 1. The van der Waals surface area contributed by atoms with Crippen LogP contribution >= 0.6 is 0 Å². The molecule has 0 spiro atoms. The summed E-state index contributed by atoms with van der Waals surface area (Å²) in [6.45, 7) is 5.21. The molecule has 1 amide bonds. The lowest BCUT2D eigenvalue weighted by atomic mass is 10.2. The summed E-state index contributed by atoms with van der Waals surface area (Å²) in [7, 11) is 1.94. The number of carbonyl (C=O) groups excluding carboxylic acids is 1. The summed E-state index contributed by atoms with van der Waals surface area (Å²) < 4.78 is 16.3. The van der Waals surface area contributed by atoms with Crippen LogP contribution < -0.4 is 15.5 Å². The van der Waals surface area contributed by atoms with Crippen molar-refractivity contribution in [3.63, 3.8) is 0 Å². The monoisotopic (exact) mass is 383 g/mol. The molecule has 8 nitrogen and oxygen atoms in total. The minimum atomic E-state index is -0.511. The first-order chi connectivity index (χ1) is 13.5. The maximum atomic E-state index is 14.6. The van der Waals surface area contributed by atoms with E-state index < -0.39 is 11.7 Å². The highest BCUT2D eigenvalue weighted by Gasteiger charge is 2.23. The van der Waals surface area contributed by atoms with Gasteiger partial charge >= 0.3 is 0 Å². The average Bonchev–Trinajstić information content (AvgIpc) is 3.32. The molecule has 1 fully saturated rings. The first-order valence-electron chi connectivity index (χ1n) is 9.16. The zero-order chi connectivity index (χ0) is 19.8. The van der Waals surface area contributed by atoms with Crippen LogP contribution in [0.2, 0.25) is 0 Å². The Kier molecular flexibility index (Phi) is 4.68. The summed E-state index contributed by atoms with van der Waals surface area (Å²) in [5.74, 6) is -0.291. The zero-order valence-corrected chi connectivity index (χ0v) is 16.0. The van der Waals surface area contributed by atoms with Gasteiger partial charge in [0.2, 0.25) is 0 Å². The van der Waals surface area contributed by atoms with Gasteiger partial charge in [-0.25, -0.2) is 19.3 Å². The summed E-state index contributed by atoms with van der Waals surface area (Å²) in [4.78, 5) is 27.5. The first kappa shape index (κ1) is 18.3. The van der Waals surface area contributed by atoms with Crippen molar-refractivity contribution >= 4 is 23.1 Å². The first-order valence-corrected chi connectivity index (χ1v) is 9.16. The van der Waals surface area contributed by atoms with Crippen molar-refractivity contribution in [1.82, 2.24) is 24.7 Å². The molecule has 0 bridgehead atoms. The molecule has 1 aliphatic rings. The number of rotatable bonds is 4. The van der Waals surface area contributed by atoms with Gasteiger partial charge in [0.05, 0.1) is 23.8 Å². The maximum absolute atomic E-state index is 14.6. The van der Waals surface area contributed by atoms with E-state index in [2.05, 4.69) is 30.5 Å². The summed E-state index contributed by atoms with van der Waals surface area (Å²) >= 11 is 0. The number of hydrogen-bond donors (Lipinski definition) is 2. The normalized spacial score (nSPS) is 16.7. The van der Waals surface area contributed by atoms with Crippen molar-refractivity contribution in [2.45, 2.75) is 26.3 Å². The number of anilines is 2. The van der Waals surface area contributed by atoms with Gasteiger partial charge < -0.3 is 19.9 Å². The van der Waals surface area contributed by atoms with E-state index >= 15 is 0 Å². The van der Waals surface area contributed by atoms with Gasteiger partial charge in [0.1, 0.15) is 17.2 Å². The van der Waals surface area contributed by atoms with Crippen molar-refractivity contribution in [1.29, 1.82) is 0 Å². The Bertz CT molecular complexity index is 1030. The van der Waals surface area contributed by atoms with Crippen molar-refractivity contribution in [3.05, 3.63) is 47.6 Å². The molecule has 0 aromatic carbocycles. The number of imidazole rings is 1. The molecule has 1 atom stereocenters. The van der Waals surface area contributed by atoms with E-state index in [1.165, 1.54) is 12.4 Å². The third-order valence-corrected chi connectivity index (χ3v) is 5.06. The Hall–Kier alpha value is -3.07. The summed E-state index contributed by atoms with van der Waals surface area (Å²) in [6, 6.07) is 0.428. The minimum absolute atomic E-state index is 0.0784. The number of nitrogens with one attached hydrogen (secondary N) is 2. The van der Waals surface area contributed by atoms with Crippen LogP contribution in [0.25, 0.3) is 5.65 Å². The highest BCUT2D eigenvalue weighted by atomic mass is 19.1. The predicted octanol–water partition coefficient (Wildman–Crippen LogP) is 1.93. The molecule has 1 aliphatic heterocycles. The number of nitrogens with zero attached hydrogens (tertiary/aromatic N) is 5. The average molecular weight is 383 g/mol. The van der Waals surface area contributed by atoms with Gasteiger partial charge in [-0.2, -0.15) is 0 Å². The van der Waals surface area contributed by atoms with Crippen molar-refractivity contribution in [3.8, 4) is 0 Å². The van der Waals surface area contributed by atoms with Crippen molar-refractivity contribution < 1.29 is 9.18 Å². The largest absolute Gasteiger partial charge is 0.354 e. The molecule has 4 heterocycles. The number of fused-ring (bicyclic) bond motifs is 1. The lowest BCUT2D eigenvalue weighted by Crippen LogP contribution is -2.30. The van der Waals surface area contributed by atoms with Crippen LogP contribution in [0.15, 0.2) is 24.8 Å². The third-order valence-electron chi connectivity index (χ3n) is 5.06. The van der Waals surface area contributed by atoms with Crippen LogP contribution in [0.5, 0.6) is 0 Å². The Morgan fingerprint density at radius 1 is 1.25 bits per heavy atom. The predicted molar refractivity (Wildman–Crippen MR) is 104 cm³/mol. The molecule has 3 aromatic rings. The van der Waals surface area contributed by atoms with Crippen LogP contribution in [0.3, 0.4) is 0 Å². The van der Waals surface area contributed by atoms with Gasteiger partial charge in [-0.15, -0.1) is 0 Å². The van der Waals surface area contributed by atoms with E-state index in [9.17, 15) is 9.18 Å². The number of aryl methyl sites for hydroxylation is 2. The molecule has 1 unspecified atom stereocenters. The topological polar surface area (TPSA) is 87.5 Å². The number of pyridine rings is 1. The van der Waals surface area contributed by atoms with Crippen LogP contribution in [-0.4, -0.2) is 51.4 Å². The molecule has 2 N–H and O–H groups in total. The van der Waals surface area contributed by atoms with Gasteiger partial charge in [0.15, 0.2) is 5.82 Å². The molecule has 3 aromatic heterocycles. The fourth-order valence-electron chi connectivity index (χ4n) is 3.47. The van der Waals surface area contributed by atoms with E-state index in [4.69, 9.17) is 0 Å². The minimum Gasteiger partial charge on any atom is -0.354 e. The molecule has 0 radical (unpaired) electrons. The van der Waals surface area contributed by atoms with E-state index in [0.717, 1.165) is 31.0 Å². The summed E-state index contributed by atoms with van der Waals surface area (Å²) in [5.41, 5.74) is 1.89. The Labute approximate surface area is 161 Å². The number of aromatic nitrogens is 4. The lowest BCUT2D eigenvalue weighted by Gasteiger charge is -2.17. The van der Waals surface area contributed by atoms with Gasteiger partial charge in [0, 0.05) is 37.1 Å². The van der Waals surface area contributed by atoms with E-state index in [1.54, 1.807) is 23.7 Å². The molecule has 4 rings (SSSR count). The van der Waals surface area contributed by atoms with E-state index in [-0.39, 0.29) is 11.4 Å². The van der Waals surface area contributed by atoms with Gasteiger partial charge in [0.25, 0.3) is 5.91 Å². The van der Waals surface area contributed by atoms with Crippen LogP contribution in [0.1, 0.15) is 28.2 Å². The van der Waals surface area contributed by atoms with E-state index in [0.29, 0.717) is 17.3 Å². The second-order valence-electron chi connectivity index (χ2n) is 7.03. The van der Waals surface area contributed by atoms with Crippen molar-refractivity contribution in [2.75, 3.05) is 30.4 Å². The second kappa shape index (κ2) is 7.16. The highest BCUT2D eigenvalue weighted by molar-refractivity contribution is 6.02. The number of hydrogen-bond acceptors (Lipinski definition) is 6. The Morgan fingerprint density at radius 2 is 2.07 bits per heavy atom. The molecular weight excluding hydrogens is 361 g/mol. The van der Waals surface area contributed by atoms with Crippen LogP contribution in [0.4, 0.5) is 15.9 Å². The van der Waals surface area contributed by atoms with Crippen molar-refractivity contribution in [2.24, 2.45) is 0 Å². The fraction of sp³-hybridized carbons (Fsp3) is 0.368. The fourth-order valence-corrected chi connectivity index (χ4v) is 3.47. The molecule has 0 aliphatic carbocycles. The van der Waals surface area contributed by atoms with Crippen LogP contribution in [0, 0.1) is 19.7 Å². The van der Waals surface area contributed by atoms with Gasteiger partial charge in [-0.05, 0) is 27.3 Å². The molecule has 146 valence electrons. The quantitative estimate of drug-likeness (QED) is 0.716. The smallest absolute Gasteiger partial charge is 0.275 e. The summed E-state index contributed by atoms with van der Waals surface area (Å²) in [5, 5.41) is 5.83. The molecular formula is C19H22FN7O. The lowest BCUT2D eigenvalue weighted by molar-refractivity contribution is 0.102. The molecule has 0 saturated carbocycles. The number of carbonyl (C=O) groups is 1. The molecule has 9 heteroatoms. The van der Waals surface area contributed by atoms with Gasteiger partial charge in [-0.1, -0.05) is 0 Å². The second-order valence-corrected chi connectivity index (χ2v) is 7.03. The maximum Gasteiger partial charge on any atom is 0.275 e.